The van der Waals surface area contributed by atoms with E-state index in [1.165, 1.54) is 0 Å². The molecule has 0 radical (unpaired) electrons. The van der Waals surface area contributed by atoms with Crippen LogP contribution in [-0.2, 0) is 22.6 Å². The van der Waals surface area contributed by atoms with Crippen molar-refractivity contribution < 1.29 is 14.7 Å². The lowest BCUT2D eigenvalue weighted by atomic mass is 10.1. The summed E-state index contributed by atoms with van der Waals surface area (Å²) < 4.78 is 0. The van der Waals surface area contributed by atoms with Crippen LogP contribution >= 0.6 is 11.6 Å². The Morgan fingerprint density at radius 2 is 1.86 bits per heavy atom. The lowest BCUT2D eigenvalue weighted by Gasteiger charge is -2.18. The summed E-state index contributed by atoms with van der Waals surface area (Å²) in [6, 6.07) is 11.5. The normalized spacial score (nSPS) is 12.9. The molecule has 7 heteroatoms. The highest BCUT2D eigenvalue weighted by Gasteiger charge is 2.20. The second kappa shape index (κ2) is 10.1. The van der Waals surface area contributed by atoms with Gasteiger partial charge >= 0.3 is 0 Å². The smallest absolute Gasteiger partial charge is 0.242 e. The van der Waals surface area contributed by atoms with E-state index in [1.807, 2.05) is 30.3 Å². The first-order valence-corrected chi connectivity index (χ1v) is 9.51. The van der Waals surface area contributed by atoms with Crippen molar-refractivity contribution in [1.29, 1.82) is 0 Å². The molecule has 0 aliphatic carbocycles. The van der Waals surface area contributed by atoms with E-state index >= 15 is 0 Å². The molecule has 0 saturated carbocycles. The molecule has 2 aromatic rings. The van der Waals surface area contributed by atoms with Gasteiger partial charge in [-0.2, -0.15) is 0 Å². The Hall–Kier alpha value is -2.57. The van der Waals surface area contributed by atoms with Gasteiger partial charge in [-0.15, -0.1) is 0 Å². The third kappa shape index (κ3) is 6.25. The molecule has 5 N–H and O–H groups in total. The highest BCUT2D eigenvalue weighted by Crippen LogP contribution is 2.26. The van der Waals surface area contributed by atoms with Crippen LogP contribution in [0.4, 0.5) is 0 Å². The van der Waals surface area contributed by atoms with E-state index in [2.05, 4.69) is 10.6 Å². The number of nitrogens with one attached hydrogen (secondary N) is 2. The molecule has 0 aliphatic rings. The first-order valence-electron chi connectivity index (χ1n) is 9.13. The number of amides is 2. The Morgan fingerprint density at radius 1 is 1.18 bits per heavy atom. The molecule has 0 fully saturated rings. The van der Waals surface area contributed by atoms with E-state index < -0.39 is 12.1 Å². The largest absolute Gasteiger partial charge is 0.507 e. The summed E-state index contributed by atoms with van der Waals surface area (Å²) in [6.07, 6.45) is 1.17. The summed E-state index contributed by atoms with van der Waals surface area (Å²) in [5, 5.41) is 15.8. The molecule has 2 atom stereocenters. The van der Waals surface area contributed by atoms with Crippen molar-refractivity contribution in [2.75, 3.05) is 0 Å². The maximum Gasteiger partial charge on any atom is 0.242 e. The van der Waals surface area contributed by atoms with Gasteiger partial charge in [0, 0.05) is 17.1 Å². The Morgan fingerprint density at radius 3 is 2.54 bits per heavy atom. The molecular weight excluding hydrogens is 378 g/mol. The second-order valence-electron chi connectivity index (χ2n) is 6.81. The van der Waals surface area contributed by atoms with Crippen LogP contribution in [0.3, 0.4) is 0 Å². The number of aromatic hydroxyl groups is 1. The highest BCUT2D eigenvalue weighted by atomic mass is 35.5. The van der Waals surface area contributed by atoms with E-state index in [0.29, 0.717) is 29.0 Å². The molecule has 2 aromatic carbocycles. The lowest BCUT2D eigenvalue weighted by Crippen LogP contribution is -2.50. The van der Waals surface area contributed by atoms with E-state index in [4.69, 9.17) is 17.3 Å². The zero-order valence-corrected chi connectivity index (χ0v) is 16.8. The maximum atomic E-state index is 12.3. The lowest BCUT2D eigenvalue weighted by molar-refractivity contribution is -0.129. The number of aryl methyl sites for hydroxylation is 2. The maximum absolute atomic E-state index is 12.3. The fraction of sp³-hybridized carbons (Fsp3) is 0.333. The molecule has 0 saturated heterocycles. The number of hydrogen-bond donors (Lipinski definition) is 4. The quantitative estimate of drug-likeness (QED) is 0.543. The molecule has 150 valence electrons. The van der Waals surface area contributed by atoms with Gasteiger partial charge in [-0.3, -0.25) is 9.59 Å². The van der Waals surface area contributed by atoms with E-state index in [9.17, 15) is 14.7 Å². The van der Waals surface area contributed by atoms with Crippen molar-refractivity contribution in [3.63, 3.8) is 0 Å². The van der Waals surface area contributed by atoms with Gasteiger partial charge in [0.05, 0.1) is 6.04 Å². The fourth-order valence-corrected chi connectivity index (χ4v) is 3.05. The Balaban J connectivity index is 1.81. The van der Waals surface area contributed by atoms with Gasteiger partial charge in [0.15, 0.2) is 0 Å². The van der Waals surface area contributed by atoms with Crippen LogP contribution < -0.4 is 16.4 Å². The third-order valence-electron chi connectivity index (χ3n) is 4.47. The van der Waals surface area contributed by atoms with Crippen molar-refractivity contribution in [3.05, 3.63) is 64.2 Å². The van der Waals surface area contributed by atoms with E-state index in [1.54, 1.807) is 26.0 Å². The fourth-order valence-electron chi connectivity index (χ4n) is 2.76. The highest BCUT2D eigenvalue weighted by molar-refractivity contribution is 6.30. The summed E-state index contributed by atoms with van der Waals surface area (Å²) in [7, 11) is 0. The minimum atomic E-state index is -0.752. The third-order valence-corrected chi connectivity index (χ3v) is 4.69. The van der Waals surface area contributed by atoms with Gasteiger partial charge < -0.3 is 21.5 Å². The minimum absolute atomic E-state index is 0.0873. The standard InChI is InChI=1S/C21H26ClN3O3/c1-13-10-17(22)11-16(19(13)26)12-24-20(27)14(2)25-21(28)18(23)9-8-15-6-4-3-5-7-15/h3-7,10-11,14,18,26H,8-9,12,23H2,1-2H3,(H,24,27)(H,25,28). The number of rotatable bonds is 8. The van der Waals surface area contributed by atoms with Gasteiger partial charge in [0.25, 0.3) is 0 Å². The second-order valence-corrected chi connectivity index (χ2v) is 7.25. The minimum Gasteiger partial charge on any atom is -0.507 e. The molecule has 6 nitrogen and oxygen atoms in total. The van der Waals surface area contributed by atoms with Crippen LogP contribution in [0, 0.1) is 6.92 Å². The molecule has 2 amide bonds. The van der Waals surface area contributed by atoms with Crippen molar-refractivity contribution in [2.45, 2.75) is 45.3 Å². The Labute approximate surface area is 170 Å². The molecule has 0 heterocycles. The molecule has 0 aliphatic heterocycles. The van der Waals surface area contributed by atoms with Crippen LogP contribution in [0.1, 0.15) is 30.0 Å². The van der Waals surface area contributed by atoms with Crippen molar-refractivity contribution in [2.24, 2.45) is 5.73 Å². The van der Waals surface area contributed by atoms with Gasteiger partial charge in [0.1, 0.15) is 11.8 Å². The molecule has 0 spiro atoms. The number of carbonyl (C=O) groups is 2. The van der Waals surface area contributed by atoms with Crippen molar-refractivity contribution >= 4 is 23.4 Å². The molecule has 2 rings (SSSR count). The number of carbonyl (C=O) groups excluding carboxylic acids is 2. The Bertz CT molecular complexity index is 827. The Kier molecular flexibility index (Phi) is 7.84. The SMILES string of the molecule is Cc1cc(Cl)cc(CNC(=O)C(C)NC(=O)C(N)CCc2ccccc2)c1O. The average molecular weight is 404 g/mol. The van der Waals surface area contributed by atoms with Crippen molar-refractivity contribution in [1.82, 2.24) is 10.6 Å². The van der Waals surface area contributed by atoms with Crippen LogP contribution in [-0.4, -0.2) is 29.0 Å². The van der Waals surface area contributed by atoms with Crippen LogP contribution in [0.25, 0.3) is 0 Å². The predicted octanol–water partition coefficient (Wildman–Crippen LogP) is 2.44. The van der Waals surface area contributed by atoms with Gasteiger partial charge in [-0.05, 0) is 49.9 Å². The van der Waals surface area contributed by atoms with Crippen LogP contribution in [0.5, 0.6) is 5.75 Å². The van der Waals surface area contributed by atoms with Crippen LogP contribution in [0.2, 0.25) is 5.02 Å². The molecule has 2 unspecified atom stereocenters. The summed E-state index contributed by atoms with van der Waals surface area (Å²) in [4.78, 5) is 24.5. The number of halogens is 1. The number of phenolic OH excluding ortho intramolecular Hbond substituents is 1. The van der Waals surface area contributed by atoms with Gasteiger partial charge in [-0.1, -0.05) is 41.9 Å². The number of phenols is 1. The molecule has 28 heavy (non-hydrogen) atoms. The summed E-state index contributed by atoms with van der Waals surface area (Å²) in [6.45, 7) is 3.42. The van der Waals surface area contributed by atoms with E-state index in [0.717, 1.165) is 5.56 Å². The van der Waals surface area contributed by atoms with Crippen LogP contribution in [0.15, 0.2) is 42.5 Å². The zero-order valence-electron chi connectivity index (χ0n) is 16.0. The van der Waals surface area contributed by atoms with Gasteiger partial charge in [-0.25, -0.2) is 0 Å². The summed E-state index contributed by atoms with van der Waals surface area (Å²) in [5.41, 5.74) is 8.18. The van der Waals surface area contributed by atoms with E-state index in [-0.39, 0.29) is 24.1 Å². The monoisotopic (exact) mass is 403 g/mol. The molecule has 0 bridgehead atoms. The summed E-state index contributed by atoms with van der Waals surface area (Å²) in [5.74, 6) is -0.662. The van der Waals surface area contributed by atoms with Crippen molar-refractivity contribution in [3.8, 4) is 5.75 Å². The molecule has 0 aromatic heterocycles. The first-order chi connectivity index (χ1) is 13.3. The average Bonchev–Trinajstić information content (AvgIpc) is 2.68. The first kappa shape index (κ1) is 21.7. The topological polar surface area (TPSA) is 104 Å². The molecular formula is C21H26ClN3O3. The zero-order chi connectivity index (χ0) is 20.7. The predicted molar refractivity (Wildman–Crippen MR) is 110 cm³/mol. The van der Waals surface area contributed by atoms with Gasteiger partial charge in [0.2, 0.25) is 11.8 Å². The number of benzene rings is 2. The number of hydrogen-bond acceptors (Lipinski definition) is 4. The number of nitrogens with two attached hydrogens (primary N) is 1. The summed E-state index contributed by atoms with van der Waals surface area (Å²) >= 11 is 5.98.